The number of carbonyl (C=O) groups excluding carboxylic acids is 1. The molecule has 0 aliphatic heterocycles. The van der Waals surface area contributed by atoms with Gasteiger partial charge in [0.1, 0.15) is 6.07 Å². The summed E-state index contributed by atoms with van der Waals surface area (Å²) in [7, 11) is 0. The van der Waals surface area contributed by atoms with Crippen molar-refractivity contribution >= 4 is 17.5 Å². The molecule has 0 fully saturated rings. The Balaban J connectivity index is 2.08. The normalized spacial score (nSPS) is 11.6. The average Bonchev–Trinajstić information content (AvgIpc) is 2.63. The van der Waals surface area contributed by atoms with Crippen molar-refractivity contribution in [3.05, 3.63) is 64.4 Å². The van der Waals surface area contributed by atoms with Gasteiger partial charge in [-0.3, -0.25) is 9.78 Å². The van der Waals surface area contributed by atoms with E-state index in [2.05, 4.69) is 4.98 Å². The lowest BCUT2D eigenvalue weighted by molar-refractivity contribution is -0.132. The molecule has 0 aliphatic carbocycles. The van der Waals surface area contributed by atoms with E-state index in [0.717, 1.165) is 12.0 Å². The van der Waals surface area contributed by atoms with Gasteiger partial charge in [-0.2, -0.15) is 5.26 Å². The molecule has 130 valence electrons. The molecule has 2 rings (SSSR count). The van der Waals surface area contributed by atoms with Crippen molar-refractivity contribution in [1.29, 1.82) is 5.26 Å². The number of benzene rings is 1. The minimum Gasteiger partial charge on any atom is -0.386 e. The van der Waals surface area contributed by atoms with Crippen molar-refractivity contribution in [3.63, 3.8) is 0 Å². The topological polar surface area (TPSA) is 77.2 Å². The molecule has 0 spiro atoms. The van der Waals surface area contributed by atoms with Gasteiger partial charge >= 0.3 is 0 Å². The molecular weight excluding hydrogens is 338 g/mol. The van der Waals surface area contributed by atoms with Crippen LogP contribution in [0.3, 0.4) is 0 Å². The Bertz CT molecular complexity index is 759. The van der Waals surface area contributed by atoms with E-state index in [4.69, 9.17) is 16.9 Å². The number of nitrogens with zero attached hydrogens (tertiary/aromatic N) is 3. The zero-order valence-corrected chi connectivity index (χ0v) is 14.8. The number of hydrogen-bond acceptors (Lipinski definition) is 4. The summed E-state index contributed by atoms with van der Waals surface area (Å²) in [5, 5.41) is 19.8. The molecular formula is C19H20ClN3O2. The van der Waals surface area contributed by atoms with Gasteiger partial charge < -0.3 is 10.0 Å². The van der Waals surface area contributed by atoms with Crippen LogP contribution in [0.5, 0.6) is 0 Å². The van der Waals surface area contributed by atoms with Gasteiger partial charge in [-0.1, -0.05) is 30.7 Å². The summed E-state index contributed by atoms with van der Waals surface area (Å²) in [6.45, 7) is 2.73. The second kappa shape index (κ2) is 9.16. The first kappa shape index (κ1) is 18.9. The van der Waals surface area contributed by atoms with E-state index < -0.39 is 6.10 Å². The van der Waals surface area contributed by atoms with Gasteiger partial charge in [0, 0.05) is 24.5 Å². The van der Waals surface area contributed by atoms with Crippen LogP contribution in [0.2, 0.25) is 5.02 Å². The summed E-state index contributed by atoms with van der Waals surface area (Å²) in [6.07, 6.45) is 3.39. The van der Waals surface area contributed by atoms with Gasteiger partial charge in [-0.25, -0.2) is 0 Å². The second-order valence-electron chi connectivity index (χ2n) is 5.74. The van der Waals surface area contributed by atoms with Gasteiger partial charge in [0.15, 0.2) is 0 Å². The molecule has 1 unspecified atom stereocenters. The van der Waals surface area contributed by atoms with E-state index >= 15 is 0 Å². The first-order valence-electron chi connectivity index (χ1n) is 8.09. The molecule has 1 N–H and O–H groups in total. The number of halogens is 1. The Morgan fingerprint density at radius 2 is 2.24 bits per heavy atom. The zero-order valence-electron chi connectivity index (χ0n) is 14.0. The van der Waals surface area contributed by atoms with E-state index in [9.17, 15) is 9.90 Å². The number of nitriles is 1. The highest BCUT2D eigenvalue weighted by Gasteiger charge is 2.19. The summed E-state index contributed by atoms with van der Waals surface area (Å²) in [5.74, 6) is -0.101. The van der Waals surface area contributed by atoms with Crippen LogP contribution in [-0.2, 0) is 11.2 Å². The predicted molar refractivity (Wildman–Crippen MR) is 95.9 cm³/mol. The molecule has 1 aromatic carbocycles. The molecule has 1 heterocycles. The Morgan fingerprint density at radius 3 is 2.88 bits per heavy atom. The summed E-state index contributed by atoms with van der Waals surface area (Å²) in [5.41, 5.74) is 1.75. The molecule has 1 aromatic heterocycles. The van der Waals surface area contributed by atoms with Crippen LogP contribution >= 0.6 is 11.6 Å². The first-order chi connectivity index (χ1) is 12.0. The molecule has 25 heavy (non-hydrogen) atoms. The van der Waals surface area contributed by atoms with E-state index in [1.807, 2.05) is 13.0 Å². The lowest BCUT2D eigenvalue weighted by Gasteiger charge is -2.25. The fourth-order valence-corrected chi connectivity index (χ4v) is 2.69. The Morgan fingerprint density at radius 1 is 1.44 bits per heavy atom. The molecule has 2 aromatic rings. The Labute approximate surface area is 152 Å². The maximum atomic E-state index is 12.6. The number of aliphatic hydroxyl groups is 1. The molecule has 0 aliphatic rings. The van der Waals surface area contributed by atoms with Crippen molar-refractivity contribution in [2.75, 3.05) is 13.1 Å². The van der Waals surface area contributed by atoms with E-state index in [1.54, 1.807) is 47.6 Å². The quantitative estimate of drug-likeness (QED) is 0.825. The first-order valence-corrected chi connectivity index (χ1v) is 8.47. The van der Waals surface area contributed by atoms with Crippen molar-refractivity contribution in [2.45, 2.75) is 25.9 Å². The van der Waals surface area contributed by atoms with Gasteiger partial charge in [-0.05, 0) is 30.2 Å². The highest BCUT2D eigenvalue weighted by molar-refractivity contribution is 6.31. The van der Waals surface area contributed by atoms with Crippen molar-refractivity contribution in [1.82, 2.24) is 9.88 Å². The third-order valence-corrected chi connectivity index (χ3v) is 4.14. The third kappa shape index (κ3) is 5.28. The minimum atomic E-state index is -0.788. The highest BCUT2D eigenvalue weighted by Crippen LogP contribution is 2.18. The molecule has 1 atom stereocenters. The van der Waals surface area contributed by atoms with E-state index in [-0.39, 0.29) is 18.9 Å². The highest BCUT2D eigenvalue weighted by atomic mass is 35.5. The average molecular weight is 358 g/mol. The predicted octanol–water partition coefficient (Wildman–Crippen LogP) is 3.12. The van der Waals surface area contributed by atoms with Crippen LogP contribution in [0.15, 0.2) is 42.7 Å². The molecule has 1 amide bonds. The minimum absolute atomic E-state index is 0.101. The van der Waals surface area contributed by atoms with Gasteiger partial charge in [0.25, 0.3) is 0 Å². The third-order valence-electron chi connectivity index (χ3n) is 3.82. The molecule has 6 heteroatoms. The van der Waals surface area contributed by atoms with Crippen LogP contribution in [0.4, 0.5) is 0 Å². The van der Waals surface area contributed by atoms with Crippen molar-refractivity contribution in [3.8, 4) is 6.07 Å². The SMILES string of the molecule is CCCN(CC(O)c1cccnc1)C(=O)Cc1ccc(Cl)c(C#N)c1. The monoisotopic (exact) mass is 357 g/mol. The maximum absolute atomic E-state index is 12.6. The number of carbonyl (C=O) groups is 1. The van der Waals surface area contributed by atoms with Crippen LogP contribution < -0.4 is 0 Å². The standard InChI is InChI=1S/C19H20ClN3O2/c1-2-8-23(13-18(24)15-4-3-7-22-12-15)19(25)10-14-5-6-17(20)16(9-14)11-21/h3-7,9,12,18,24H,2,8,10,13H2,1H3. The summed E-state index contributed by atoms with van der Waals surface area (Å²) < 4.78 is 0. The molecule has 0 radical (unpaired) electrons. The summed E-state index contributed by atoms with van der Waals surface area (Å²) in [4.78, 5) is 18.3. The van der Waals surface area contributed by atoms with Gasteiger partial charge in [-0.15, -0.1) is 0 Å². The Kier molecular flexibility index (Phi) is 6.93. The lowest BCUT2D eigenvalue weighted by Crippen LogP contribution is -2.36. The molecule has 5 nitrogen and oxygen atoms in total. The van der Waals surface area contributed by atoms with Crippen molar-refractivity contribution < 1.29 is 9.90 Å². The fraction of sp³-hybridized carbons (Fsp3) is 0.316. The van der Waals surface area contributed by atoms with E-state index in [1.165, 1.54) is 0 Å². The second-order valence-corrected chi connectivity index (χ2v) is 6.15. The zero-order chi connectivity index (χ0) is 18.2. The number of hydrogen-bond donors (Lipinski definition) is 1. The Hall–Kier alpha value is -2.42. The number of aromatic nitrogens is 1. The summed E-state index contributed by atoms with van der Waals surface area (Å²) in [6, 6.07) is 10.5. The largest absolute Gasteiger partial charge is 0.386 e. The van der Waals surface area contributed by atoms with Crippen LogP contribution in [0.25, 0.3) is 0 Å². The summed E-state index contributed by atoms with van der Waals surface area (Å²) >= 11 is 5.93. The van der Waals surface area contributed by atoms with Crippen LogP contribution in [-0.4, -0.2) is 34.0 Å². The molecule has 0 bridgehead atoms. The van der Waals surface area contributed by atoms with Gasteiger partial charge in [0.05, 0.1) is 29.7 Å². The number of rotatable bonds is 7. The van der Waals surface area contributed by atoms with Crippen molar-refractivity contribution in [2.24, 2.45) is 0 Å². The van der Waals surface area contributed by atoms with Crippen LogP contribution in [0, 0.1) is 11.3 Å². The molecule has 0 saturated carbocycles. The fourth-order valence-electron chi connectivity index (χ4n) is 2.53. The number of amides is 1. The smallest absolute Gasteiger partial charge is 0.227 e. The maximum Gasteiger partial charge on any atom is 0.227 e. The van der Waals surface area contributed by atoms with E-state index in [0.29, 0.717) is 22.7 Å². The van der Waals surface area contributed by atoms with Crippen LogP contribution in [0.1, 0.15) is 36.1 Å². The number of pyridine rings is 1. The van der Waals surface area contributed by atoms with Gasteiger partial charge in [0.2, 0.25) is 5.91 Å². The number of aliphatic hydroxyl groups excluding tert-OH is 1. The molecule has 0 saturated heterocycles. The lowest BCUT2D eigenvalue weighted by atomic mass is 10.1.